The molecule has 25 heavy (non-hydrogen) atoms. The number of carbonyl (C=O) groups excluding carboxylic acids is 2. The Labute approximate surface area is 150 Å². The second-order valence-corrected chi connectivity index (χ2v) is 8.07. The van der Waals surface area contributed by atoms with Crippen LogP contribution in [0.25, 0.3) is 0 Å². The molecule has 5 nitrogen and oxygen atoms in total. The first-order chi connectivity index (χ1) is 11.7. The summed E-state index contributed by atoms with van der Waals surface area (Å²) in [6, 6.07) is 10.2. The van der Waals surface area contributed by atoms with Gasteiger partial charge in [-0.1, -0.05) is 37.3 Å². The lowest BCUT2D eigenvalue weighted by Crippen LogP contribution is -2.52. The molecule has 1 aromatic carbocycles. The average molecular weight is 346 g/mol. The zero-order chi connectivity index (χ0) is 18.6. The van der Waals surface area contributed by atoms with Crippen LogP contribution in [0.5, 0.6) is 0 Å². The van der Waals surface area contributed by atoms with Crippen LogP contribution >= 0.6 is 0 Å². The van der Waals surface area contributed by atoms with Gasteiger partial charge in [0.15, 0.2) is 0 Å². The molecule has 0 saturated carbocycles. The molecule has 1 heterocycles. The fourth-order valence-electron chi connectivity index (χ4n) is 3.21. The minimum absolute atomic E-state index is 0.156. The van der Waals surface area contributed by atoms with E-state index >= 15 is 0 Å². The van der Waals surface area contributed by atoms with Crippen LogP contribution in [0.2, 0.25) is 0 Å². The normalized spacial score (nSPS) is 21.5. The molecule has 0 aromatic heterocycles. The van der Waals surface area contributed by atoms with E-state index in [1.54, 1.807) is 4.90 Å². The highest BCUT2D eigenvalue weighted by atomic mass is 16.6. The van der Waals surface area contributed by atoms with E-state index < -0.39 is 5.60 Å². The fraction of sp³-hybridized carbons (Fsp3) is 0.600. The lowest BCUT2D eigenvalue weighted by atomic mass is 9.88. The number of benzene rings is 1. The summed E-state index contributed by atoms with van der Waals surface area (Å²) in [5, 5.41) is 0. The molecule has 1 fully saturated rings. The highest BCUT2D eigenvalue weighted by Crippen LogP contribution is 2.22. The molecule has 0 radical (unpaired) electrons. The summed E-state index contributed by atoms with van der Waals surface area (Å²) in [6.45, 7) is 9.74. The number of piperidine rings is 1. The average Bonchev–Trinajstić information content (AvgIpc) is 2.50. The highest BCUT2D eigenvalue weighted by molar-refractivity contribution is 5.86. The van der Waals surface area contributed by atoms with Gasteiger partial charge in [0, 0.05) is 38.0 Å². The van der Waals surface area contributed by atoms with Crippen molar-refractivity contribution in [2.24, 2.45) is 11.8 Å². The van der Waals surface area contributed by atoms with Crippen LogP contribution in [0.15, 0.2) is 30.3 Å². The number of hydrogen-bond donors (Lipinski definition) is 0. The molecule has 1 amide bonds. The van der Waals surface area contributed by atoms with Crippen LogP contribution in [0.1, 0.15) is 33.3 Å². The summed E-state index contributed by atoms with van der Waals surface area (Å²) >= 11 is 0. The Morgan fingerprint density at radius 1 is 1.24 bits per heavy atom. The number of ether oxygens (including phenoxy) is 1. The molecule has 1 aliphatic rings. The van der Waals surface area contributed by atoms with Crippen molar-refractivity contribution in [2.45, 2.75) is 39.8 Å². The van der Waals surface area contributed by atoms with E-state index in [-0.39, 0.29) is 23.7 Å². The second-order valence-electron chi connectivity index (χ2n) is 8.07. The highest BCUT2D eigenvalue weighted by Gasteiger charge is 2.36. The molecular formula is C20H30N2O3. The van der Waals surface area contributed by atoms with E-state index in [1.165, 1.54) is 5.56 Å². The Morgan fingerprint density at radius 3 is 2.48 bits per heavy atom. The van der Waals surface area contributed by atoms with Crippen molar-refractivity contribution in [3.8, 4) is 0 Å². The van der Waals surface area contributed by atoms with Crippen molar-refractivity contribution in [1.29, 1.82) is 0 Å². The number of hydrogen-bond acceptors (Lipinski definition) is 4. The molecule has 1 aromatic rings. The maximum Gasteiger partial charge on any atom is 0.410 e. The van der Waals surface area contributed by atoms with Crippen LogP contribution in [-0.2, 0) is 16.1 Å². The maximum absolute atomic E-state index is 12.6. The molecule has 138 valence electrons. The van der Waals surface area contributed by atoms with Crippen molar-refractivity contribution >= 4 is 11.9 Å². The van der Waals surface area contributed by atoms with Gasteiger partial charge < -0.3 is 14.5 Å². The molecule has 0 spiro atoms. The Balaban J connectivity index is 1.98. The largest absolute Gasteiger partial charge is 0.444 e. The van der Waals surface area contributed by atoms with Crippen LogP contribution in [0, 0.1) is 11.8 Å². The Bertz CT molecular complexity index is 595. The van der Waals surface area contributed by atoms with Crippen LogP contribution in [0.3, 0.4) is 0 Å². The molecule has 0 aliphatic carbocycles. The number of likely N-dealkylation sites (tertiary alicyclic amines) is 1. The quantitative estimate of drug-likeness (QED) is 0.840. The number of carbonyl (C=O) groups is 2. The third-order valence-electron chi connectivity index (χ3n) is 4.30. The fourth-order valence-corrected chi connectivity index (χ4v) is 3.21. The Kier molecular flexibility index (Phi) is 6.22. The first-order valence-electron chi connectivity index (χ1n) is 8.90. The van der Waals surface area contributed by atoms with E-state index in [1.807, 2.05) is 52.9 Å². The second kappa shape index (κ2) is 8.00. The molecule has 5 heteroatoms. The van der Waals surface area contributed by atoms with Crippen molar-refractivity contribution < 1.29 is 14.3 Å². The molecular weight excluding hydrogens is 316 g/mol. The molecule has 0 N–H and O–H groups in total. The van der Waals surface area contributed by atoms with Crippen LogP contribution in [0.4, 0.5) is 4.79 Å². The minimum atomic E-state index is -0.526. The minimum Gasteiger partial charge on any atom is -0.444 e. The van der Waals surface area contributed by atoms with E-state index in [9.17, 15) is 9.59 Å². The van der Waals surface area contributed by atoms with Crippen molar-refractivity contribution in [3.05, 3.63) is 35.9 Å². The van der Waals surface area contributed by atoms with Gasteiger partial charge in [-0.2, -0.15) is 0 Å². The zero-order valence-electron chi connectivity index (χ0n) is 16.0. The van der Waals surface area contributed by atoms with E-state index in [0.717, 1.165) is 6.54 Å². The predicted octanol–water partition coefficient (Wildman–Crippen LogP) is 3.19. The summed E-state index contributed by atoms with van der Waals surface area (Å²) < 4.78 is 5.47. The topological polar surface area (TPSA) is 49.9 Å². The van der Waals surface area contributed by atoms with Gasteiger partial charge in [0.05, 0.1) is 0 Å². The zero-order valence-corrected chi connectivity index (χ0v) is 16.0. The van der Waals surface area contributed by atoms with Gasteiger partial charge in [0.25, 0.3) is 0 Å². The third kappa shape index (κ3) is 5.85. The summed E-state index contributed by atoms with van der Waals surface area (Å²) in [7, 11) is 2.01. The molecule has 2 rings (SSSR count). The molecule has 1 saturated heterocycles. The lowest BCUT2D eigenvalue weighted by molar-refractivity contribution is -0.131. The van der Waals surface area contributed by atoms with E-state index in [4.69, 9.17) is 4.74 Å². The van der Waals surface area contributed by atoms with Crippen LogP contribution < -0.4 is 0 Å². The van der Waals surface area contributed by atoms with E-state index in [0.29, 0.717) is 19.6 Å². The maximum atomic E-state index is 12.6. The van der Waals surface area contributed by atoms with Crippen molar-refractivity contribution in [1.82, 2.24) is 9.80 Å². The van der Waals surface area contributed by atoms with Gasteiger partial charge in [0.1, 0.15) is 11.4 Å². The van der Waals surface area contributed by atoms with Gasteiger partial charge in [0.2, 0.25) is 0 Å². The van der Waals surface area contributed by atoms with Crippen molar-refractivity contribution in [3.63, 3.8) is 0 Å². The van der Waals surface area contributed by atoms with Gasteiger partial charge in [-0.3, -0.25) is 4.79 Å². The Hall–Kier alpha value is -1.88. The van der Waals surface area contributed by atoms with Gasteiger partial charge in [-0.15, -0.1) is 0 Å². The summed E-state index contributed by atoms with van der Waals surface area (Å²) in [6.07, 6.45) is -0.331. The SMILES string of the molecule is CC1CN(C(=O)OC(C)(C)C)CC(CN(C)Cc2ccccc2)C1=O. The number of nitrogens with zero attached hydrogens (tertiary/aromatic N) is 2. The first-order valence-corrected chi connectivity index (χ1v) is 8.90. The predicted molar refractivity (Wildman–Crippen MR) is 98.2 cm³/mol. The molecule has 0 bridgehead atoms. The van der Waals surface area contributed by atoms with Gasteiger partial charge >= 0.3 is 6.09 Å². The summed E-state index contributed by atoms with van der Waals surface area (Å²) in [4.78, 5) is 28.7. The standard InChI is InChI=1S/C20H30N2O3/c1-15-11-22(19(24)25-20(2,3)4)14-17(18(15)23)13-21(5)12-16-9-7-6-8-10-16/h6-10,15,17H,11-14H2,1-5H3. The lowest BCUT2D eigenvalue weighted by Gasteiger charge is -2.37. The molecule has 1 aliphatic heterocycles. The summed E-state index contributed by atoms with van der Waals surface area (Å²) in [5.41, 5.74) is 0.687. The van der Waals surface area contributed by atoms with Crippen molar-refractivity contribution in [2.75, 3.05) is 26.7 Å². The Morgan fingerprint density at radius 2 is 1.88 bits per heavy atom. The van der Waals surface area contributed by atoms with Gasteiger partial charge in [-0.05, 0) is 33.4 Å². The summed E-state index contributed by atoms with van der Waals surface area (Å²) in [5.74, 6) is -0.0962. The third-order valence-corrected chi connectivity index (χ3v) is 4.30. The number of ketones is 1. The number of rotatable bonds is 4. The monoisotopic (exact) mass is 346 g/mol. The van der Waals surface area contributed by atoms with E-state index in [2.05, 4.69) is 17.0 Å². The molecule has 2 atom stereocenters. The number of Topliss-reactive ketones (excluding diaryl/α,β-unsaturated/α-hetero) is 1. The number of amides is 1. The first kappa shape index (κ1) is 19.4. The van der Waals surface area contributed by atoms with Gasteiger partial charge in [-0.25, -0.2) is 4.79 Å². The van der Waals surface area contributed by atoms with Crippen LogP contribution in [-0.4, -0.2) is 54.0 Å². The smallest absolute Gasteiger partial charge is 0.410 e. The molecule has 2 unspecified atom stereocenters.